The van der Waals surface area contributed by atoms with Crippen LogP contribution in [0, 0.1) is 24.2 Å². The predicted octanol–water partition coefficient (Wildman–Crippen LogP) is 1.62. The Morgan fingerprint density at radius 2 is 1.88 bits per heavy atom. The molecular formula is C19H23N3O4. The molecule has 0 bridgehead atoms. The van der Waals surface area contributed by atoms with E-state index in [4.69, 9.17) is 15.7 Å². The summed E-state index contributed by atoms with van der Waals surface area (Å²) in [5.74, 6) is -2.09. The summed E-state index contributed by atoms with van der Waals surface area (Å²) in [5.41, 5.74) is 6.49. The summed E-state index contributed by atoms with van der Waals surface area (Å²) in [7, 11) is 0. The molecule has 138 valence electrons. The Labute approximate surface area is 152 Å². The van der Waals surface area contributed by atoms with Crippen molar-refractivity contribution in [1.29, 1.82) is 5.26 Å². The van der Waals surface area contributed by atoms with E-state index in [1.807, 2.05) is 6.07 Å². The second-order valence-corrected chi connectivity index (χ2v) is 6.21. The molecule has 0 saturated heterocycles. The fourth-order valence-corrected chi connectivity index (χ4v) is 2.21. The van der Waals surface area contributed by atoms with Crippen LogP contribution < -0.4 is 11.1 Å². The number of carbonyl (C=O) groups excluding carboxylic acids is 3. The molecule has 0 aliphatic heterocycles. The second-order valence-electron chi connectivity index (χ2n) is 6.21. The number of carbonyl (C=O) groups is 3. The average molecular weight is 357 g/mol. The van der Waals surface area contributed by atoms with Gasteiger partial charge in [-0.1, -0.05) is 32.0 Å². The number of ether oxygens (including phenoxy) is 1. The second kappa shape index (κ2) is 9.37. The molecule has 0 radical (unpaired) electrons. The Balaban J connectivity index is 2.81. The molecule has 1 amide bonds. The van der Waals surface area contributed by atoms with Gasteiger partial charge in [0.15, 0.2) is 6.61 Å². The van der Waals surface area contributed by atoms with Crippen LogP contribution in [0.1, 0.15) is 36.7 Å². The number of hydrogen-bond donors (Lipinski definition) is 2. The number of amides is 1. The molecule has 3 N–H and O–H groups in total. The van der Waals surface area contributed by atoms with E-state index in [1.54, 1.807) is 45.0 Å². The lowest BCUT2D eigenvalue weighted by atomic mass is 10.0. The lowest BCUT2D eigenvalue weighted by molar-refractivity contribution is -0.150. The maximum Gasteiger partial charge on any atom is 0.329 e. The molecule has 1 aromatic carbocycles. The topological polar surface area (TPSA) is 122 Å². The molecule has 0 saturated carbocycles. The van der Waals surface area contributed by atoms with Crippen LogP contribution in [-0.4, -0.2) is 30.3 Å². The van der Waals surface area contributed by atoms with Crippen molar-refractivity contribution < 1.29 is 19.1 Å². The SMILES string of the molecule is C/C(N)=C(\C#N)C(=O)COC(=O)[C@@H](NC(=O)c1ccccc1C)C(C)C. The van der Waals surface area contributed by atoms with Crippen molar-refractivity contribution in [2.75, 3.05) is 6.61 Å². The van der Waals surface area contributed by atoms with Crippen LogP contribution in [0.4, 0.5) is 0 Å². The Morgan fingerprint density at radius 3 is 2.38 bits per heavy atom. The largest absolute Gasteiger partial charge is 0.456 e. The van der Waals surface area contributed by atoms with E-state index in [0.29, 0.717) is 5.56 Å². The van der Waals surface area contributed by atoms with E-state index >= 15 is 0 Å². The number of allylic oxidation sites excluding steroid dienone is 1. The van der Waals surface area contributed by atoms with Crippen molar-refractivity contribution >= 4 is 17.7 Å². The number of esters is 1. The third-order valence-electron chi connectivity index (χ3n) is 3.73. The number of hydrogen-bond acceptors (Lipinski definition) is 6. The Hall–Kier alpha value is -3.14. The van der Waals surface area contributed by atoms with Gasteiger partial charge in [0.05, 0.1) is 0 Å². The summed E-state index contributed by atoms with van der Waals surface area (Å²) in [4.78, 5) is 36.6. The number of nitrogens with zero attached hydrogens (tertiary/aromatic N) is 1. The number of aryl methyl sites for hydroxylation is 1. The number of rotatable bonds is 7. The molecule has 0 heterocycles. The standard InChI is InChI=1S/C19H23N3O4/c1-11(2)17(22-18(24)14-8-6-5-7-12(14)3)19(25)26-10-16(23)15(9-20)13(4)21/h5-8,11,17H,10,21H2,1-4H3,(H,22,24)/b15-13-/t17-/m0/s1. The molecule has 0 spiro atoms. The zero-order chi connectivity index (χ0) is 19.9. The minimum Gasteiger partial charge on any atom is -0.456 e. The quantitative estimate of drug-likeness (QED) is 0.434. The van der Waals surface area contributed by atoms with Gasteiger partial charge in [-0.25, -0.2) is 4.79 Å². The molecule has 1 rings (SSSR count). The predicted molar refractivity (Wildman–Crippen MR) is 95.7 cm³/mol. The normalized spacial score (nSPS) is 12.6. The first-order valence-corrected chi connectivity index (χ1v) is 8.11. The van der Waals surface area contributed by atoms with Gasteiger partial charge in [-0.3, -0.25) is 9.59 Å². The third-order valence-corrected chi connectivity index (χ3v) is 3.73. The summed E-state index contributed by atoms with van der Waals surface area (Å²) in [6.07, 6.45) is 0. The monoisotopic (exact) mass is 357 g/mol. The minimum atomic E-state index is -0.927. The lowest BCUT2D eigenvalue weighted by Crippen LogP contribution is -2.46. The lowest BCUT2D eigenvalue weighted by Gasteiger charge is -2.21. The number of ketones is 1. The van der Waals surface area contributed by atoms with Gasteiger partial charge in [0, 0.05) is 11.3 Å². The first kappa shape index (κ1) is 20.9. The first-order valence-electron chi connectivity index (χ1n) is 8.11. The van der Waals surface area contributed by atoms with E-state index in [-0.39, 0.29) is 17.2 Å². The number of nitriles is 1. The van der Waals surface area contributed by atoms with Crippen molar-refractivity contribution in [3.05, 3.63) is 46.7 Å². The molecule has 1 atom stereocenters. The van der Waals surface area contributed by atoms with Gasteiger partial charge in [0.25, 0.3) is 5.91 Å². The highest BCUT2D eigenvalue weighted by atomic mass is 16.5. The van der Waals surface area contributed by atoms with Crippen LogP contribution in [0.15, 0.2) is 35.5 Å². The first-order chi connectivity index (χ1) is 12.2. The molecule has 7 nitrogen and oxygen atoms in total. The zero-order valence-corrected chi connectivity index (χ0v) is 15.3. The smallest absolute Gasteiger partial charge is 0.329 e. The molecule has 7 heteroatoms. The van der Waals surface area contributed by atoms with Gasteiger partial charge < -0.3 is 15.8 Å². The Kier molecular flexibility index (Phi) is 7.53. The van der Waals surface area contributed by atoms with Gasteiger partial charge in [0.2, 0.25) is 5.78 Å². The molecule has 0 aliphatic carbocycles. The number of Topliss-reactive ketones (excluding diaryl/α,β-unsaturated/α-hetero) is 1. The highest BCUT2D eigenvalue weighted by Gasteiger charge is 2.27. The molecule has 1 aromatic rings. The van der Waals surface area contributed by atoms with Crippen LogP contribution in [0.3, 0.4) is 0 Å². The highest BCUT2D eigenvalue weighted by molar-refractivity contribution is 6.02. The van der Waals surface area contributed by atoms with E-state index in [2.05, 4.69) is 5.32 Å². The van der Waals surface area contributed by atoms with Gasteiger partial charge >= 0.3 is 5.97 Å². The van der Waals surface area contributed by atoms with E-state index in [0.717, 1.165) is 5.56 Å². The maximum absolute atomic E-state index is 12.4. The molecule has 26 heavy (non-hydrogen) atoms. The van der Waals surface area contributed by atoms with Crippen molar-refractivity contribution in [2.45, 2.75) is 33.7 Å². The summed E-state index contributed by atoms with van der Waals surface area (Å²) in [6.45, 7) is 6.09. The maximum atomic E-state index is 12.4. The van der Waals surface area contributed by atoms with Gasteiger partial charge in [-0.05, 0) is 31.4 Å². The number of nitrogens with one attached hydrogen (secondary N) is 1. The summed E-state index contributed by atoms with van der Waals surface area (Å²) in [6, 6.07) is 7.75. The number of nitrogens with two attached hydrogens (primary N) is 1. The average Bonchev–Trinajstić information content (AvgIpc) is 2.57. The van der Waals surface area contributed by atoms with Crippen LogP contribution >= 0.6 is 0 Å². The highest BCUT2D eigenvalue weighted by Crippen LogP contribution is 2.10. The van der Waals surface area contributed by atoms with E-state index < -0.39 is 30.3 Å². The van der Waals surface area contributed by atoms with Crippen molar-refractivity contribution in [3.63, 3.8) is 0 Å². The van der Waals surface area contributed by atoms with Crippen LogP contribution in [-0.2, 0) is 14.3 Å². The van der Waals surface area contributed by atoms with Crippen LogP contribution in [0.2, 0.25) is 0 Å². The van der Waals surface area contributed by atoms with Crippen molar-refractivity contribution in [1.82, 2.24) is 5.32 Å². The van der Waals surface area contributed by atoms with Gasteiger partial charge in [-0.15, -0.1) is 0 Å². The van der Waals surface area contributed by atoms with Crippen molar-refractivity contribution in [2.24, 2.45) is 11.7 Å². The van der Waals surface area contributed by atoms with E-state index in [9.17, 15) is 14.4 Å². The minimum absolute atomic E-state index is 0.0572. The summed E-state index contributed by atoms with van der Waals surface area (Å²) >= 11 is 0. The van der Waals surface area contributed by atoms with Crippen LogP contribution in [0.5, 0.6) is 0 Å². The van der Waals surface area contributed by atoms with Crippen molar-refractivity contribution in [3.8, 4) is 6.07 Å². The van der Waals surface area contributed by atoms with Crippen LogP contribution in [0.25, 0.3) is 0 Å². The van der Waals surface area contributed by atoms with E-state index in [1.165, 1.54) is 6.92 Å². The fourth-order valence-electron chi connectivity index (χ4n) is 2.21. The molecule has 0 aliphatic rings. The van der Waals surface area contributed by atoms with Gasteiger partial charge in [-0.2, -0.15) is 5.26 Å². The Morgan fingerprint density at radius 1 is 1.27 bits per heavy atom. The zero-order valence-electron chi connectivity index (χ0n) is 15.3. The number of benzene rings is 1. The Bertz CT molecular complexity index is 771. The third kappa shape index (κ3) is 5.45. The molecule has 0 unspecified atom stereocenters. The molecule has 0 fully saturated rings. The fraction of sp³-hybridized carbons (Fsp3) is 0.368. The summed E-state index contributed by atoms with van der Waals surface area (Å²) in [5, 5.41) is 11.5. The van der Waals surface area contributed by atoms with Gasteiger partial charge in [0.1, 0.15) is 17.7 Å². The molecular weight excluding hydrogens is 334 g/mol. The molecule has 0 aromatic heterocycles. The summed E-state index contributed by atoms with van der Waals surface area (Å²) < 4.78 is 4.98.